The van der Waals surface area contributed by atoms with Crippen LogP contribution in [0.5, 0.6) is 0 Å². The summed E-state index contributed by atoms with van der Waals surface area (Å²) in [5, 5.41) is 3.02. The summed E-state index contributed by atoms with van der Waals surface area (Å²) >= 11 is 0. The first kappa shape index (κ1) is 7.22. The Balaban J connectivity index is 2.38. The Kier molecular flexibility index (Phi) is 1.74. The summed E-state index contributed by atoms with van der Waals surface area (Å²) in [5.74, 6) is 0.206. The Morgan fingerprint density at radius 2 is 2.25 bits per heavy atom. The summed E-state index contributed by atoms with van der Waals surface area (Å²) in [6, 6.07) is 0. The second-order valence-electron chi connectivity index (χ2n) is 2.93. The zero-order valence-corrected chi connectivity index (χ0v) is 6.60. The molecule has 0 bridgehead atoms. The first-order valence-corrected chi connectivity index (χ1v) is 4.00. The first-order valence-electron chi connectivity index (χ1n) is 4.00. The highest BCUT2D eigenvalue weighted by Crippen LogP contribution is 2.31. The van der Waals surface area contributed by atoms with E-state index >= 15 is 0 Å². The van der Waals surface area contributed by atoms with Crippen LogP contribution in [-0.4, -0.2) is 0 Å². The second kappa shape index (κ2) is 2.89. The average molecular weight is 159 g/mol. The smallest absolute Gasteiger partial charge is 0.0926 e. The molecule has 0 radical (unpaired) electrons. The predicted molar refractivity (Wildman–Crippen MR) is 48.3 cm³/mol. The average Bonchev–Trinajstić information content (AvgIpc) is 2.17. The van der Waals surface area contributed by atoms with Gasteiger partial charge in [0.2, 0.25) is 0 Å². The van der Waals surface area contributed by atoms with E-state index in [0.29, 0.717) is 5.70 Å². The minimum atomic E-state index is 0.206. The fourth-order valence-corrected chi connectivity index (χ4v) is 1.58. The minimum absolute atomic E-state index is 0.206. The van der Waals surface area contributed by atoms with Crippen LogP contribution in [0.25, 0.3) is 0 Å². The SMILES string of the molecule is O=NC1=CC=CC2=CC=CCC21. The molecule has 0 aromatic carbocycles. The molecule has 0 aromatic rings. The van der Waals surface area contributed by atoms with Gasteiger partial charge in [0.1, 0.15) is 0 Å². The summed E-state index contributed by atoms with van der Waals surface area (Å²) in [6.07, 6.45) is 12.7. The van der Waals surface area contributed by atoms with E-state index < -0.39 is 0 Å². The lowest BCUT2D eigenvalue weighted by Gasteiger charge is -2.20. The number of nitroso groups, excluding NO2 is 1. The molecule has 2 heteroatoms. The molecule has 0 heterocycles. The quantitative estimate of drug-likeness (QED) is 0.541. The molecule has 0 aliphatic heterocycles. The fourth-order valence-electron chi connectivity index (χ4n) is 1.58. The highest BCUT2D eigenvalue weighted by atomic mass is 16.3. The van der Waals surface area contributed by atoms with Gasteiger partial charge in [-0.2, -0.15) is 0 Å². The zero-order chi connectivity index (χ0) is 8.39. The van der Waals surface area contributed by atoms with E-state index in [4.69, 9.17) is 0 Å². The Hall–Kier alpha value is -1.44. The maximum absolute atomic E-state index is 10.4. The van der Waals surface area contributed by atoms with Gasteiger partial charge in [-0.15, -0.1) is 4.91 Å². The van der Waals surface area contributed by atoms with Crippen molar-refractivity contribution in [3.63, 3.8) is 0 Å². The third-order valence-corrected chi connectivity index (χ3v) is 2.22. The van der Waals surface area contributed by atoms with E-state index in [1.54, 1.807) is 6.08 Å². The van der Waals surface area contributed by atoms with Crippen molar-refractivity contribution < 1.29 is 0 Å². The molecule has 2 rings (SSSR count). The maximum Gasteiger partial charge on any atom is 0.0926 e. The number of nitrogens with zero attached hydrogens (tertiary/aromatic N) is 1. The molecule has 60 valence electrons. The third kappa shape index (κ3) is 1.05. The molecular formula is C10H9NO. The highest BCUT2D eigenvalue weighted by Gasteiger charge is 2.20. The van der Waals surface area contributed by atoms with Gasteiger partial charge in [0.05, 0.1) is 5.70 Å². The van der Waals surface area contributed by atoms with Gasteiger partial charge >= 0.3 is 0 Å². The first-order chi connectivity index (χ1) is 5.92. The van der Waals surface area contributed by atoms with Crippen LogP contribution in [0.1, 0.15) is 6.42 Å². The molecule has 2 aliphatic carbocycles. The van der Waals surface area contributed by atoms with Crippen molar-refractivity contribution in [2.45, 2.75) is 6.42 Å². The molecule has 0 saturated heterocycles. The van der Waals surface area contributed by atoms with Crippen molar-refractivity contribution >= 4 is 0 Å². The largest absolute Gasteiger partial charge is 0.145 e. The molecule has 0 N–H and O–H groups in total. The van der Waals surface area contributed by atoms with Crippen molar-refractivity contribution in [3.8, 4) is 0 Å². The zero-order valence-electron chi connectivity index (χ0n) is 6.60. The van der Waals surface area contributed by atoms with Crippen LogP contribution in [0.15, 0.2) is 52.9 Å². The van der Waals surface area contributed by atoms with Crippen LogP contribution in [0.4, 0.5) is 0 Å². The Morgan fingerprint density at radius 1 is 1.33 bits per heavy atom. The topological polar surface area (TPSA) is 29.4 Å². The summed E-state index contributed by atoms with van der Waals surface area (Å²) in [6.45, 7) is 0. The van der Waals surface area contributed by atoms with Crippen LogP contribution in [-0.2, 0) is 0 Å². The summed E-state index contributed by atoms with van der Waals surface area (Å²) in [5.41, 5.74) is 1.84. The van der Waals surface area contributed by atoms with Crippen molar-refractivity contribution in [2.24, 2.45) is 11.1 Å². The Morgan fingerprint density at radius 3 is 3.08 bits per heavy atom. The van der Waals surface area contributed by atoms with Gasteiger partial charge in [0.25, 0.3) is 0 Å². The van der Waals surface area contributed by atoms with Gasteiger partial charge in [-0.1, -0.05) is 30.4 Å². The van der Waals surface area contributed by atoms with Gasteiger partial charge in [-0.25, -0.2) is 0 Å². The maximum atomic E-state index is 10.4. The molecule has 1 unspecified atom stereocenters. The standard InChI is InChI=1S/C10H9NO/c12-11-10-7-3-5-8-4-1-2-6-9(8)10/h1-5,7,9H,6H2. The Bertz CT molecular complexity index is 313. The Labute approximate surface area is 70.9 Å². The van der Waals surface area contributed by atoms with Gasteiger partial charge < -0.3 is 0 Å². The normalized spacial score (nSPS) is 25.8. The van der Waals surface area contributed by atoms with Gasteiger partial charge in [-0.3, -0.25) is 0 Å². The van der Waals surface area contributed by atoms with Crippen molar-refractivity contribution in [2.75, 3.05) is 0 Å². The van der Waals surface area contributed by atoms with E-state index in [1.807, 2.05) is 24.3 Å². The monoisotopic (exact) mass is 159 g/mol. The fraction of sp³-hybridized carbons (Fsp3) is 0.200. The van der Waals surface area contributed by atoms with Crippen LogP contribution < -0.4 is 0 Å². The minimum Gasteiger partial charge on any atom is -0.145 e. The van der Waals surface area contributed by atoms with E-state index in [1.165, 1.54) is 5.57 Å². The molecule has 0 amide bonds. The highest BCUT2D eigenvalue weighted by molar-refractivity contribution is 5.41. The van der Waals surface area contributed by atoms with Crippen LogP contribution in [0.2, 0.25) is 0 Å². The van der Waals surface area contributed by atoms with Crippen molar-refractivity contribution in [1.29, 1.82) is 0 Å². The number of fused-ring (bicyclic) bond motifs is 1. The van der Waals surface area contributed by atoms with Crippen LogP contribution >= 0.6 is 0 Å². The van der Waals surface area contributed by atoms with Gasteiger partial charge in [-0.05, 0) is 23.2 Å². The van der Waals surface area contributed by atoms with E-state index in [0.717, 1.165) is 6.42 Å². The lowest BCUT2D eigenvalue weighted by atomic mass is 9.86. The van der Waals surface area contributed by atoms with Crippen molar-refractivity contribution in [3.05, 3.63) is 52.6 Å². The number of hydrogen-bond acceptors (Lipinski definition) is 2. The number of hydrogen-bond donors (Lipinski definition) is 0. The number of rotatable bonds is 1. The molecule has 0 saturated carbocycles. The summed E-state index contributed by atoms with van der Waals surface area (Å²) in [7, 11) is 0. The summed E-state index contributed by atoms with van der Waals surface area (Å²) in [4.78, 5) is 10.4. The molecule has 0 aromatic heterocycles. The van der Waals surface area contributed by atoms with Crippen LogP contribution in [0.3, 0.4) is 0 Å². The summed E-state index contributed by atoms with van der Waals surface area (Å²) < 4.78 is 0. The lowest BCUT2D eigenvalue weighted by molar-refractivity contribution is 0.717. The molecular weight excluding hydrogens is 150 g/mol. The van der Waals surface area contributed by atoms with Crippen molar-refractivity contribution in [1.82, 2.24) is 0 Å². The third-order valence-electron chi connectivity index (χ3n) is 2.22. The molecule has 1 atom stereocenters. The molecule has 2 aliphatic rings. The molecule has 0 fully saturated rings. The predicted octanol–water partition coefficient (Wildman–Crippen LogP) is 2.71. The molecule has 12 heavy (non-hydrogen) atoms. The second-order valence-corrected chi connectivity index (χ2v) is 2.93. The van der Waals surface area contributed by atoms with Crippen LogP contribution in [0, 0.1) is 10.8 Å². The molecule has 2 nitrogen and oxygen atoms in total. The number of allylic oxidation sites excluding steroid dienone is 7. The lowest BCUT2D eigenvalue weighted by Crippen LogP contribution is -2.08. The van der Waals surface area contributed by atoms with Gasteiger partial charge in [0, 0.05) is 5.92 Å². The van der Waals surface area contributed by atoms with E-state index in [-0.39, 0.29) is 5.92 Å². The van der Waals surface area contributed by atoms with E-state index in [9.17, 15) is 4.91 Å². The van der Waals surface area contributed by atoms with Gasteiger partial charge in [0.15, 0.2) is 0 Å². The molecule has 0 spiro atoms. The van der Waals surface area contributed by atoms with E-state index in [2.05, 4.69) is 11.3 Å².